The van der Waals surface area contributed by atoms with Crippen molar-refractivity contribution in [2.75, 3.05) is 13.1 Å². The Morgan fingerprint density at radius 1 is 1.25 bits per heavy atom. The number of carbonyl (C=O) groups excluding carboxylic acids is 2. The van der Waals surface area contributed by atoms with Gasteiger partial charge in [0.2, 0.25) is 11.8 Å². The molecule has 0 radical (unpaired) electrons. The molecule has 1 N–H and O–H groups in total. The molecule has 0 spiro atoms. The molecule has 1 atom stereocenters. The summed E-state index contributed by atoms with van der Waals surface area (Å²) in [6, 6.07) is -0.155. The first-order valence-corrected chi connectivity index (χ1v) is 9.07. The summed E-state index contributed by atoms with van der Waals surface area (Å²) in [5, 5.41) is 11.2. The van der Waals surface area contributed by atoms with Crippen molar-refractivity contribution in [3.63, 3.8) is 0 Å². The lowest BCUT2D eigenvalue weighted by Crippen LogP contribution is -2.44. The predicted molar refractivity (Wildman–Crippen MR) is 88.9 cm³/mol. The van der Waals surface area contributed by atoms with E-state index in [9.17, 15) is 9.59 Å². The molecule has 2 heterocycles. The smallest absolute Gasteiger partial charge is 0.225 e. The summed E-state index contributed by atoms with van der Waals surface area (Å²) in [4.78, 5) is 26.5. The van der Waals surface area contributed by atoms with Crippen LogP contribution in [-0.2, 0) is 16.1 Å². The topological polar surface area (TPSA) is 80.1 Å². The fourth-order valence-corrected chi connectivity index (χ4v) is 3.36. The van der Waals surface area contributed by atoms with Gasteiger partial charge in [0.1, 0.15) is 6.33 Å². The molecule has 24 heavy (non-hydrogen) atoms. The zero-order chi connectivity index (χ0) is 17.1. The number of hydrogen-bond donors (Lipinski definition) is 1. The highest BCUT2D eigenvalue weighted by Gasteiger charge is 2.36. The number of likely N-dealkylation sites (tertiary alicyclic amines) is 1. The van der Waals surface area contributed by atoms with E-state index < -0.39 is 0 Å². The molecular formula is C17H27N5O2. The second-order valence-electron chi connectivity index (χ2n) is 6.99. The molecule has 0 bridgehead atoms. The Morgan fingerprint density at radius 3 is 2.58 bits per heavy atom. The molecule has 1 aliphatic carbocycles. The second-order valence-corrected chi connectivity index (χ2v) is 6.99. The number of aryl methyl sites for hydroxylation is 1. The fourth-order valence-electron chi connectivity index (χ4n) is 3.36. The standard InChI is InChI=1S/C17H27N5O2/c1-3-8-22-11-18-20-15(22)12(2)19-16(23)13-6-9-21(10-7-13)17(24)14-4-5-14/h11-14H,3-10H2,1-2H3,(H,19,23). The van der Waals surface area contributed by atoms with Crippen LogP contribution in [-0.4, -0.2) is 44.6 Å². The van der Waals surface area contributed by atoms with Crippen molar-refractivity contribution in [2.45, 2.75) is 58.5 Å². The van der Waals surface area contributed by atoms with Gasteiger partial charge in [-0.3, -0.25) is 9.59 Å². The van der Waals surface area contributed by atoms with Gasteiger partial charge in [0.25, 0.3) is 0 Å². The summed E-state index contributed by atoms with van der Waals surface area (Å²) < 4.78 is 1.99. The van der Waals surface area contributed by atoms with Crippen molar-refractivity contribution in [3.05, 3.63) is 12.2 Å². The van der Waals surface area contributed by atoms with E-state index in [1.165, 1.54) is 0 Å². The number of carbonyl (C=O) groups is 2. The zero-order valence-corrected chi connectivity index (χ0v) is 14.6. The number of amides is 2. The minimum atomic E-state index is -0.155. The van der Waals surface area contributed by atoms with Crippen LogP contribution in [0.25, 0.3) is 0 Å². The first-order valence-electron chi connectivity index (χ1n) is 9.07. The van der Waals surface area contributed by atoms with Gasteiger partial charge in [0, 0.05) is 31.5 Å². The number of aromatic nitrogens is 3. The lowest BCUT2D eigenvalue weighted by atomic mass is 9.95. The van der Waals surface area contributed by atoms with Gasteiger partial charge < -0.3 is 14.8 Å². The number of nitrogens with zero attached hydrogens (tertiary/aromatic N) is 4. The van der Waals surface area contributed by atoms with Gasteiger partial charge in [-0.25, -0.2) is 0 Å². The fraction of sp³-hybridized carbons (Fsp3) is 0.765. The molecule has 1 saturated carbocycles. The SMILES string of the molecule is CCCn1cnnc1C(C)NC(=O)C1CCN(C(=O)C2CC2)CC1. The summed E-state index contributed by atoms with van der Waals surface area (Å²) in [6.45, 7) is 6.30. The summed E-state index contributed by atoms with van der Waals surface area (Å²) >= 11 is 0. The summed E-state index contributed by atoms with van der Waals surface area (Å²) in [7, 11) is 0. The number of piperidine rings is 1. The molecular weight excluding hydrogens is 306 g/mol. The minimum Gasteiger partial charge on any atom is -0.346 e. The Balaban J connectivity index is 1.50. The van der Waals surface area contributed by atoms with Crippen LogP contribution in [0.1, 0.15) is 57.8 Å². The van der Waals surface area contributed by atoms with Crippen molar-refractivity contribution in [3.8, 4) is 0 Å². The van der Waals surface area contributed by atoms with Gasteiger partial charge >= 0.3 is 0 Å². The average molecular weight is 333 g/mol. The summed E-state index contributed by atoms with van der Waals surface area (Å²) in [6.07, 6.45) is 6.28. The van der Waals surface area contributed by atoms with Gasteiger partial charge in [-0.15, -0.1) is 10.2 Å². The summed E-state index contributed by atoms with van der Waals surface area (Å²) in [5.74, 6) is 1.40. The molecule has 132 valence electrons. The maximum atomic E-state index is 12.5. The molecule has 1 unspecified atom stereocenters. The maximum Gasteiger partial charge on any atom is 0.225 e. The predicted octanol–water partition coefficient (Wildman–Crippen LogP) is 1.51. The number of nitrogens with one attached hydrogen (secondary N) is 1. The van der Waals surface area contributed by atoms with Crippen LogP contribution >= 0.6 is 0 Å². The molecule has 2 fully saturated rings. The van der Waals surface area contributed by atoms with Crippen LogP contribution in [0.2, 0.25) is 0 Å². The lowest BCUT2D eigenvalue weighted by Gasteiger charge is -2.32. The van der Waals surface area contributed by atoms with E-state index in [4.69, 9.17) is 0 Å². The van der Waals surface area contributed by atoms with Crippen LogP contribution < -0.4 is 5.32 Å². The van der Waals surface area contributed by atoms with Gasteiger partial charge in [0.15, 0.2) is 5.82 Å². The Kier molecular flexibility index (Phi) is 5.16. The quantitative estimate of drug-likeness (QED) is 0.856. The second kappa shape index (κ2) is 7.32. The summed E-state index contributed by atoms with van der Waals surface area (Å²) in [5.41, 5.74) is 0. The minimum absolute atomic E-state index is 0.0155. The van der Waals surface area contributed by atoms with Crippen LogP contribution in [0.5, 0.6) is 0 Å². The van der Waals surface area contributed by atoms with Gasteiger partial charge in [-0.2, -0.15) is 0 Å². The van der Waals surface area contributed by atoms with Crippen LogP contribution in [0.3, 0.4) is 0 Å². The first kappa shape index (κ1) is 16.9. The molecule has 1 aromatic rings. The molecule has 3 rings (SSSR count). The lowest BCUT2D eigenvalue weighted by molar-refractivity contribution is -0.136. The van der Waals surface area contributed by atoms with Crippen LogP contribution in [0.15, 0.2) is 6.33 Å². The monoisotopic (exact) mass is 333 g/mol. The van der Waals surface area contributed by atoms with Crippen LogP contribution in [0.4, 0.5) is 0 Å². The largest absolute Gasteiger partial charge is 0.346 e. The van der Waals surface area contributed by atoms with Crippen molar-refractivity contribution in [1.29, 1.82) is 0 Å². The highest BCUT2D eigenvalue weighted by atomic mass is 16.2. The van der Waals surface area contributed by atoms with E-state index in [1.807, 2.05) is 16.4 Å². The first-order chi connectivity index (χ1) is 11.6. The van der Waals surface area contributed by atoms with Crippen molar-refractivity contribution in [1.82, 2.24) is 25.0 Å². The normalized spacial score (nSPS) is 20.0. The zero-order valence-electron chi connectivity index (χ0n) is 14.6. The Morgan fingerprint density at radius 2 is 1.96 bits per heavy atom. The molecule has 7 heteroatoms. The Bertz CT molecular complexity index is 588. The highest BCUT2D eigenvalue weighted by Crippen LogP contribution is 2.32. The number of rotatable bonds is 6. The molecule has 1 saturated heterocycles. The van der Waals surface area contributed by atoms with E-state index >= 15 is 0 Å². The van der Waals surface area contributed by atoms with E-state index in [1.54, 1.807) is 6.33 Å². The van der Waals surface area contributed by atoms with E-state index in [2.05, 4.69) is 22.4 Å². The third-order valence-electron chi connectivity index (χ3n) is 4.96. The van der Waals surface area contributed by atoms with Gasteiger partial charge in [0.05, 0.1) is 6.04 Å². The molecule has 2 amide bonds. The van der Waals surface area contributed by atoms with E-state index in [-0.39, 0.29) is 29.7 Å². The molecule has 2 aliphatic rings. The molecule has 0 aromatic carbocycles. The molecule has 1 aliphatic heterocycles. The van der Waals surface area contributed by atoms with Crippen molar-refractivity contribution in [2.24, 2.45) is 11.8 Å². The molecule has 7 nitrogen and oxygen atoms in total. The van der Waals surface area contributed by atoms with Crippen LogP contribution in [0, 0.1) is 11.8 Å². The van der Waals surface area contributed by atoms with Gasteiger partial charge in [-0.05, 0) is 39.0 Å². The van der Waals surface area contributed by atoms with E-state index in [0.29, 0.717) is 13.1 Å². The Hall–Kier alpha value is -1.92. The van der Waals surface area contributed by atoms with Crippen molar-refractivity contribution >= 4 is 11.8 Å². The number of hydrogen-bond acceptors (Lipinski definition) is 4. The maximum absolute atomic E-state index is 12.5. The molecule has 1 aromatic heterocycles. The Labute approximate surface area is 142 Å². The van der Waals surface area contributed by atoms with Gasteiger partial charge in [-0.1, -0.05) is 6.92 Å². The average Bonchev–Trinajstić information content (AvgIpc) is 3.34. The highest BCUT2D eigenvalue weighted by molar-refractivity contribution is 5.82. The van der Waals surface area contributed by atoms with E-state index in [0.717, 1.165) is 44.5 Å². The third-order valence-corrected chi connectivity index (χ3v) is 4.96. The third kappa shape index (κ3) is 3.76. The van der Waals surface area contributed by atoms with Crippen molar-refractivity contribution < 1.29 is 9.59 Å².